The van der Waals surface area contributed by atoms with Gasteiger partial charge < -0.3 is 9.30 Å². The highest BCUT2D eigenvalue weighted by atomic mass is 35.5. The van der Waals surface area contributed by atoms with Crippen molar-refractivity contribution < 1.29 is 14.3 Å². The van der Waals surface area contributed by atoms with Gasteiger partial charge in [-0.3, -0.25) is 19.8 Å². The second-order valence-corrected chi connectivity index (χ2v) is 7.23. The average Bonchev–Trinajstić information content (AvgIpc) is 2.93. The number of rotatable bonds is 5. The Bertz CT molecular complexity index is 979. The van der Waals surface area contributed by atoms with Gasteiger partial charge in [0.15, 0.2) is 5.11 Å². The first kappa shape index (κ1) is 20.3. The lowest BCUT2D eigenvalue weighted by molar-refractivity contribution is -0.129. The summed E-state index contributed by atoms with van der Waals surface area (Å²) in [6.45, 7) is 4.49. The first-order valence-corrected chi connectivity index (χ1v) is 9.44. The third-order valence-corrected chi connectivity index (χ3v) is 5.13. The molecule has 6 nitrogen and oxygen atoms in total. The van der Waals surface area contributed by atoms with Crippen LogP contribution in [0.15, 0.2) is 35.9 Å². The SMILES string of the molecule is COCCN1C(=O)/C(=C\c2cc(C)n(-c3ccc(Cl)cc3)c2C)C(=O)NC1=S. The number of hydrogen-bond donors (Lipinski definition) is 1. The molecule has 1 aliphatic heterocycles. The van der Waals surface area contributed by atoms with E-state index < -0.39 is 11.8 Å². The van der Waals surface area contributed by atoms with E-state index in [0.29, 0.717) is 11.6 Å². The maximum Gasteiger partial charge on any atom is 0.265 e. The zero-order valence-electron chi connectivity index (χ0n) is 15.8. The summed E-state index contributed by atoms with van der Waals surface area (Å²) >= 11 is 11.1. The monoisotopic (exact) mass is 417 g/mol. The number of ether oxygens (including phenoxy) is 1. The molecular weight excluding hydrogens is 398 g/mol. The smallest absolute Gasteiger partial charge is 0.265 e. The van der Waals surface area contributed by atoms with E-state index in [-0.39, 0.29) is 17.2 Å². The van der Waals surface area contributed by atoms with Crippen molar-refractivity contribution in [2.75, 3.05) is 20.3 Å². The largest absolute Gasteiger partial charge is 0.383 e. The Morgan fingerprint density at radius 3 is 2.54 bits per heavy atom. The fourth-order valence-corrected chi connectivity index (χ4v) is 3.55. The second-order valence-electron chi connectivity index (χ2n) is 6.41. The molecule has 1 fully saturated rings. The number of thiocarbonyl (C=S) groups is 1. The van der Waals surface area contributed by atoms with Gasteiger partial charge in [0.25, 0.3) is 11.8 Å². The molecule has 2 heterocycles. The molecule has 2 amide bonds. The Labute approximate surface area is 173 Å². The number of amides is 2. The summed E-state index contributed by atoms with van der Waals surface area (Å²) in [5, 5.41) is 3.32. The molecule has 0 aliphatic carbocycles. The van der Waals surface area contributed by atoms with Crippen molar-refractivity contribution in [1.82, 2.24) is 14.8 Å². The van der Waals surface area contributed by atoms with E-state index >= 15 is 0 Å². The minimum atomic E-state index is -0.500. The van der Waals surface area contributed by atoms with Gasteiger partial charge in [0, 0.05) is 29.2 Å². The molecule has 28 heavy (non-hydrogen) atoms. The molecule has 1 aliphatic rings. The lowest BCUT2D eigenvalue weighted by Crippen LogP contribution is -2.54. The van der Waals surface area contributed by atoms with Crippen LogP contribution in [0.25, 0.3) is 11.8 Å². The Hall–Kier alpha value is -2.48. The van der Waals surface area contributed by atoms with Gasteiger partial charge in [-0.15, -0.1) is 0 Å². The van der Waals surface area contributed by atoms with Crippen molar-refractivity contribution in [2.24, 2.45) is 0 Å². The van der Waals surface area contributed by atoms with Crippen molar-refractivity contribution in [3.05, 3.63) is 57.9 Å². The van der Waals surface area contributed by atoms with Crippen molar-refractivity contribution >= 4 is 46.8 Å². The minimum Gasteiger partial charge on any atom is -0.383 e. The molecule has 3 rings (SSSR count). The number of nitrogens with zero attached hydrogens (tertiary/aromatic N) is 2. The molecule has 1 N–H and O–H groups in total. The standard InChI is InChI=1S/C20H20ClN3O3S/c1-12-10-14(13(2)24(12)16-6-4-15(21)5-7-16)11-17-18(25)22-20(28)23(19(17)26)8-9-27-3/h4-7,10-11H,8-9H2,1-3H3,(H,22,25,28)/b17-11-. The molecule has 1 aromatic carbocycles. The Kier molecular flexibility index (Phi) is 5.98. The van der Waals surface area contributed by atoms with Crippen LogP contribution in [0.4, 0.5) is 0 Å². The number of nitrogens with one attached hydrogen (secondary N) is 1. The number of methoxy groups -OCH3 is 1. The number of hydrogen-bond acceptors (Lipinski definition) is 4. The van der Waals surface area contributed by atoms with E-state index in [4.69, 9.17) is 28.6 Å². The van der Waals surface area contributed by atoms with Crippen LogP contribution in [0.1, 0.15) is 17.0 Å². The van der Waals surface area contributed by atoms with Gasteiger partial charge in [0.1, 0.15) is 5.57 Å². The van der Waals surface area contributed by atoms with Gasteiger partial charge in [-0.25, -0.2) is 0 Å². The van der Waals surface area contributed by atoms with Crippen LogP contribution in [-0.2, 0) is 14.3 Å². The zero-order valence-corrected chi connectivity index (χ0v) is 17.4. The lowest BCUT2D eigenvalue weighted by atomic mass is 10.1. The Morgan fingerprint density at radius 2 is 1.89 bits per heavy atom. The average molecular weight is 418 g/mol. The molecular formula is C20H20ClN3O3S. The van der Waals surface area contributed by atoms with Gasteiger partial charge in [-0.2, -0.15) is 0 Å². The maximum absolute atomic E-state index is 12.8. The molecule has 0 unspecified atom stereocenters. The van der Waals surface area contributed by atoms with E-state index in [1.807, 2.05) is 48.7 Å². The Morgan fingerprint density at radius 1 is 1.21 bits per heavy atom. The number of halogens is 1. The zero-order chi connectivity index (χ0) is 20.4. The molecule has 0 bridgehead atoms. The third-order valence-electron chi connectivity index (χ3n) is 4.56. The van der Waals surface area contributed by atoms with Crippen LogP contribution in [0.3, 0.4) is 0 Å². The molecule has 2 aromatic rings. The fraction of sp³-hybridized carbons (Fsp3) is 0.250. The van der Waals surface area contributed by atoms with Gasteiger partial charge in [0.05, 0.1) is 13.2 Å². The van der Waals surface area contributed by atoms with E-state index in [2.05, 4.69) is 5.32 Å². The fourth-order valence-electron chi connectivity index (χ4n) is 3.16. The van der Waals surface area contributed by atoms with E-state index in [0.717, 1.165) is 22.6 Å². The molecule has 1 aromatic heterocycles. The lowest BCUT2D eigenvalue weighted by Gasteiger charge is -2.28. The van der Waals surface area contributed by atoms with Crippen LogP contribution < -0.4 is 5.32 Å². The van der Waals surface area contributed by atoms with Crippen LogP contribution in [0, 0.1) is 13.8 Å². The molecule has 0 saturated carbocycles. The second kappa shape index (κ2) is 8.26. The summed E-state index contributed by atoms with van der Waals surface area (Å²) in [5.41, 5.74) is 3.66. The summed E-state index contributed by atoms with van der Waals surface area (Å²) in [6, 6.07) is 9.41. The summed E-state index contributed by atoms with van der Waals surface area (Å²) in [7, 11) is 1.54. The van der Waals surface area contributed by atoms with Gasteiger partial charge in [-0.05, 0) is 68.0 Å². The molecule has 0 radical (unpaired) electrons. The molecule has 146 valence electrons. The predicted octanol–water partition coefficient (Wildman–Crippen LogP) is 3.02. The number of aryl methyl sites for hydroxylation is 1. The van der Waals surface area contributed by atoms with E-state index in [1.165, 1.54) is 4.90 Å². The summed E-state index contributed by atoms with van der Waals surface area (Å²) in [6.07, 6.45) is 1.61. The van der Waals surface area contributed by atoms with Crippen LogP contribution in [-0.4, -0.2) is 46.7 Å². The third kappa shape index (κ3) is 3.87. The number of carbonyl (C=O) groups is 2. The number of aromatic nitrogens is 1. The van der Waals surface area contributed by atoms with Crippen LogP contribution >= 0.6 is 23.8 Å². The first-order valence-electron chi connectivity index (χ1n) is 8.66. The highest BCUT2D eigenvalue weighted by Gasteiger charge is 2.33. The molecule has 1 saturated heterocycles. The maximum atomic E-state index is 12.8. The quantitative estimate of drug-likeness (QED) is 0.461. The summed E-state index contributed by atoms with van der Waals surface area (Å²) < 4.78 is 7.06. The van der Waals surface area contributed by atoms with E-state index in [9.17, 15) is 9.59 Å². The van der Waals surface area contributed by atoms with Crippen molar-refractivity contribution in [2.45, 2.75) is 13.8 Å². The number of carbonyl (C=O) groups excluding carboxylic acids is 2. The Balaban J connectivity index is 1.99. The van der Waals surface area contributed by atoms with Crippen molar-refractivity contribution in [3.8, 4) is 5.69 Å². The highest BCUT2D eigenvalue weighted by Crippen LogP contribution is 2.25. The van der Waals surface area contributed by atoms with Crippen molar-refractivity contribution in [3.63, 3.8) is 0 Å². The molecule has 0 spiro atoms. The highest BCUT2D eigenvalue weighted by molar-refractivity contribution is 7.80. The first-order chi connectivity index (χ1) is 13.3. The van der Waals surface area contributed by atoms with Crippen molar-refractivity contribution in [1.29, 1.82) is 0 Å². The number of benzene rings is 1. The predicted molar refractivity (Wildman–Crippen MR) is 113 cm³/mol. The van der Waals surface area contributed by atoms with Gasteiger partial charge >= 0.3 is 0 Å². The van der Waals surface area contributed by atoms with Gasteiger partial charge in [-0.1, -0.05) is 11.6 Å². The normalized spacial score (nSPS) is 16.1. The van der Waals surface area contributed by atoms with Gasteiger partial charge in [0.2, 0.25) is 0 Å². The van der Waals surface area contributed by atoms with Crippen LogP contribution in [0.2, 0.25) is 5.02 Å². The molecule has 8 heteroatoms. The molecule has 0 atom stereocenters. The summed E-state index contributed by atoms with van der Waals surface area (Å²) in [5.74, 6) is -0.929. The summed E-state index contributed by atoms with van der Waals surface area (Å²) in [4.78, 5) is 26.5. The van der Waals surface area contributed by atoms with E-state index in [1.54, 1.807) is 13.2 Å². The minimum absolute atomic E-state index is 0.0426. The topological polar surface area (TPSA) is 63.6 Å². The van der Waals surface area contributed by atoms with Crippen LogP contribution in [0.5, 0.6) is 0 Å².